The van der Waals surface area contributed by atoms with Gasteiger partial charge >= 0.3 is 6.09 Å². The zero-order chi connectivity index (χ0) is 19.1. The van der Waals surface area contributed by atoms with Crippen LogP contribution in [0.3, 0.4) is 0 Å². The largest absolute Gasteiger partial charge is 0.497 e. The van der Waals surface area contributed by atoms with Gasteiger partial charge in [-0.05, 0) is 53.3 Å². The Kier molecular flexibility index (Phi) is 4.76. The van der Waals surface area contributed by atoms with Crippen LogP contribution in [0, 0.1) is 5.41 Å². The average Bonchev–Trinajstić information content (AvgIpc) is 2.82. The van der Waals surface area contributed by atoms with E-state index in [1.165, 1.54) is 0 Å². The number of hydrogen-bond acceptors (Lipinski definition) is 3. The van der Waals surface area contributed by atoms with E-state index in [0.717, 1.165) is 28.7 Å². The van der Waals surface area contributed by atoms with E-state index >= 15 is 0 Å². The van der Waals surface area contributed by atoms with Gasteiger partial charge in [-0.25, -0.2) is 4.79 Å². The van der Waals surface area contributed by atoms with Crippen LogP contribution in [-0.4, -0.2) is 25.4 Å². The van der Waals surface area contributed by atoms with Crippen LogP contribution in [0.1, 0.15) is 31.0 Å². The molecule has 0 aliphatic heterocycles. The van der Waals surface area contributed by atoms with Crippen LogP contribution >= 0.6 is 11.6 Å². The van der Waals surface area contributed by atoms with Crippen LogP contribution in [0.4, 0.5) is 4.79 Å². The maximum Gasteiger partial charge on any atom is 0.405 e. The van der Waals surface area contributed by atoms with Gasteiger partial charge in [0, 0.05) is 11.1 Å². The maximum absolute atomic E-state index is 11.2. The standard InChI is InChI=1S/C20H22ClNO4/c1-20(2)10-11-7-15(13-6-5-12(25-3)8-16(13)21)17(26-4)9-14(11)18(20)22-19(23)24/h5-9,18,22H,10H2,1-4H3,(H,23,24). The van der Waals surface area contributed by atoms with Crippen molar-refractivity contribution in [2.24, 2.45) is 5.41 Å². The molecule has 0 bridgehead atoms. The molecule has 6 heteroatoms. The number of methoxy groups -OCH3 is 2. The van der Waals surface area contributed by atoms with Gasteiger partial charge < -0.3 is 19.9 Å². The van der Waals surface area contributed by atoms with Crippen molar-refractivity contribution < 1.29 is 19.4 Å². The second-order valence-electron chi connectivity index (χ2n) is 7.14. The van der Waals surface area contributed by atoms with Crippen LogP contribution in [-0.2, 0) is 6.42 Å². The third-order valence-corrected chi connectivity index (χ3v) is 5.25. The summed E-state index contributed by atoms with van der Waals surface area (Å²) in [7, 11) is 3.20. The molecule has 2 N–H and O–H groups in total. The van der Waals surface area contributed by atoms with Gasteiger partial charge in [0.2, 0.25) is 0 Å². The Labute approximate surface area is 157 Å². The van der Waals surface area contributed by atoms with Crippen molar-refractivity contribution in [1.82, 2.24) is 5.32 Å². The number of benzene rings is 2. The lowest BCUT2D eigenvalue weighted by molar-refractivity contribution is 0.175. The quantitative estimate of drug-likeness (QED) is 0.796. The summed E-state index contributed by atoms with van der Waals surface area (Å²) in [6, 6.07) is 9.20. The number of carboxylic acid groups (broad SMARTS) is 1. The van der Waals surface area contributed by atoms with Crippen LogP contribution in [0.2, 0.25) is 5.02 Å². The third-order valence-electron chi connectivity index (χ3n) is 4.93. The summed E-state index contributed by atoms with van der Waals surface area (Å²) in [5.74, 6) is 1.34. The van der Waals surface area contributed by atoms with Crippen molar-refractivity contribution in [1.29, 1.82) is 0 Å². The molecule has 138 valence electrons. The van der Waals surface area contributed by atoms with E-state index < -0.39 is 6.09 Å². The molecule has 1 amide bonds. The van der Waals surface area contributed by atoms with Crippen LogP contribution < -0.4 is 14.8 Å². The zero-order valence-electron chi connectivity index (χ0n) is 15.2. The highest BCUT2D eigenvalue weighted by molar-refractivity contribution is 6.33. The summed E-state index contributed by atoms with van der Waals surface area (Å²) in [6.07, 6.45) is -0.268. The molecule has 0 aromatic heterocycles. The van der Waals surface area contributed by atoms with E-state index in [-0.39, 0.29) is 11.5 Å². The maximum atomic E-state index is 11.2. The topological polar surface area (TPSA) is 67.8 Å². The molecular formula is C20H22ClNO4. The highest BCUT2D eigenvalue weighted by atomic mass is 35.5. The van der Waals surface area contributed by atoms with E-state index in [1.54, 1.807) is 20.3 Å². The minimum atomic E-state index is -1.03. The summed E-state index contributed by atoms with van der Waals surface area (Å²) >= 11 is 6.45. The van der Waals surface area contributed by atoms with E-state index in [4.69, 9.17) is 21.1 Å². The molecule has 0 saturated heterocycles. The second kappa shape index (κ2) is 6.72. The summed E-state index contributed by atoms with van der Waals surface area (Å²) in [4.78, 5) is 11.2. The highest BCUT2D eigenvalue weighted by Gasteiger charge is 2.40. The number of fused-ring (bicyclic) bond motifs is 1. The van der Waals surface area contributed by atoms with Crippen molar-refractivity contribution in [3.05, 3.63) is 46.5 Å². The monoisotopic (exact) mass is 375 g/mol. The lowest BCUT2D eigenvalue weighted by atomic mass is 9.85. The molecule has 0 radical (unpaired) electrons. The van der Waals surface area contributed by atoms with Crippen LogP contribution in [0.15, 0.2) is 30.3 Å². The molecule has 2 aromatic rings. The normalized spacial score (nSPS) is 17.5. The zero-order valence-corrected chi connectivity index (χ0v) is 16.0. The first kappa shape index (κ1) is 18.4. The summed E-state index contributed by atoms with van der Waals surface area (Å²) in [6.45, 7) is 4.11. The predicted molar refractivity (Wildman–Crippen MR) is 101 cm³/mol. The highest BCUT2D eigenvalue weighted by Crippen LogP contribution is 2.49. The number of carbonyl (C=O) groups is 1. The minimum Gasteiger partial charge on any atom is -0.497 e. The Bertz CT molecular complexity index is 863. The summed E-state index contributed by atoms with van der Waals surface area (Å²) in [5.41, 5.74) is 3.54. The fourth-order valence-electron chi connectivity index (χ4n) is 3.69. The average molecular weight is 376 g/mol. The number of amides is 1. The summed E-state index contributed by atoms with van der Waals surface area (Å²) in [5, 5.41) is 12.4. The van der Waals surface area contributed by atoms with Crippen LogP contribution in [0.5, 0.6) is 11.5 Å². The van der Waals surface area contributed by atoms with Crippen molar-refractivity contribution in [2.45, 2.75) is 26.3 Å². The Balaban J connectivity index is 2.13. The number of rotatable bonds is 4. The van der Waals surface area contributed by atoms with Gasteiger partial charge in [0.05, 0.1) is 25.3 Å². The SMILES string of the molecule is COc1ccc(-c2cc3c(cc2OC)C(NC(=O)O)C(C)(C)C3)c(Cl)c1. The number of hydrogen-bond donors (Lipinski definition) is 2. The van der Waals surface area contributed by atoms with Gasteiger partial charge in [-0.3, -0.25) is 0 Å². The molecule has 0 spiro atoms. The van der Waals surface area contributed by atoms with E-state index in [0.29, 0.717) is 16.5 Å². The second-order valence-corrected chi connectivity index (χ2v) is 7.55. The Morgan fingerprint density at radius 2 is 1.92 bits per heavy atom. The fourth-order valence-corrected chi connectivity index (χ4v) is 3.97. The van der Waals surface area contributed by atoms with Crippen molar-refractivity contribution in [3.8, 4) is 22.6 Å². The smallest absolute Gasteiger partial charge is 0.405 e. The van der Waals surface area contributed by atoms with E-state index in [2.05, 4.69) is 19.2 Å². The molecule has 3 rings (SSSR count). The summed E-state index contributed by atoms with van der Waals surface area (Å²) < 4.78 is 10.8. The van der Waals surface area contributed by atoms with E-state index in [9.17, 15) is 9.90 Å². The minimum absolute atomic E-state index is 0.228. The Morgan fingerprint density at radius 3 is 2.50 bits per heavy atom. The first-order valence-electron chi connectivity index (χ1n) is 8.31. The molecule has 2 aromatic carbocycles. The molecule has 0 fully saturated rings. The van der Waals surface area contributed by atoms with Crippen molar-refractivity contribution in [3.63, 3.8) is 0 Å². The molecule has 1 aliphatic carbocycles. The number of halogens is 1. The first-order chi connectivity index (χ1) is 12.3. The Hall–Kier alpha value is -2.40. The number of ether oxygens (including phenoxy) is 2. The van der Waals surface area contributed by atoms with Crippen molar-refractivity contribution in [2.75, 3.05) is 14.2 Å². The van der Waals surface area contributed by atoms with Gasteiger partial charge in [-0.15, -0.1) is 0 Å². The lowest BCUT2D eigenvalue weighted by Gasteiger charge is -2.27. The van der Waals surface area contributed by atoms with Gasteiger partial charge in [-0.1, -0.05) is 25.4 Å². The molecule has 26 heavy (non-hydrogen) atoms. The molecule has 0 heterocycles. The molecule has 1 unspecified atom stereocenters. The molecule has 5 nitrogen and oxygen atoms in total. The van der Waals surface area contributed by atoms with Gasteiger partial charge in [0.25, 0.3) is 0 Å². The van der Waals surface area contributed by atoms with Crippen LogP contribution in [0.25, 0.3) is 11.1 Å². The number of nitrogens with one attached hydrogen (secondary N) is 1. The molecule has 1 atom stereocenters. The first-order valence-corrected chi connectivity index (χ1v) is 8.69. The molecule has 1 aliphatic rings. The fraction of sp³-hybridized carbons (Fsp3) is 0.350. The lowest BCUT2D eigenvalue weighted by Crippen LogP contribution is -2.34. The van der Waals surface area contributed by atoms with Crippen molar-refractivity contribution >= 4 is 17.7 Å². The van der Waals surface area contributed by atoms with E-state index in [1.807, 2.05) is 24.3 Å². The van der Waals surface area contributed by atoms with Gasteiger partial charge in [-0.2, -0.15) is 0 Å². The predicted octanol–water partition coefficient (Wildman–Crippen LogP) is 4.92. The van der Waals surface area contributed by atoms with Gasteiger partial charge in [0.15, 0.2) is 0 Å². The Morgan fingerprint density at radius 1 is 1.19 bits per heavy atom. The molecular weight excluding hydrogens is 354 g/mol. The molecule has 0 saturated carbocycles. The van der Waals surface area contributed by atoms with Gasteiger partial charge in [0.1, 0.15) is 11.5 Å². The third kappa shape index (κ3) is 3.19.